The summed E-state index contributed by atoms with van der Waals surface area (Å²) < 4.78 is 0.671. The number of nitrogen functional groups attached to an aromatic ring is 1. The van der Waals surface area contributed by atoms with Gasteiger partial charge in [-0.05, 0) is 24.1 Å². The van der Waals surface area contributed by atoms with Crippen LogP contribution in [0.4, 0.5) is 5.82 Å². The van der Waals surface area contributed by atoms with Gasteiger partial charge in [-0.1, -0.05) is 11.6 Å². The van der Waals surface area contributed by atoms with Gasteiger partial charge in [-0.15, -0.1) is 22.7 Å². The fraction of sp³-hybridized carbons (Fsp3) is 0.176. The van der Waals surface area contributed by atoms with Crippen LogP contribution in [0.1, 0.15) is 20.8 Å². The first-order chi connectivity index (χ1) is 13.1. The quantitative estimate of drug-likeness (QED) is 0.520. The second-order valence-corrected chi connectivity index (χ2v) is 8.98. The molecule has 1 aliphatic heterocycles. The maximum Gasteiger partial charge on any atom is 0.258 e. The number of carbonyl (C=O) groups is 1. The van der Waals surface area contributed by atoms with Crippen LogP contribution in [0.25, 0.3) is 20.8 Å². The number of nitrogens with two attached hydrogens (primary N) is 1. The van der Waals surface area contributed by atoms with Crippen LogP contribution in [-0.4, -0.2) is 37.5 Å². The molecule has 0 unspecified atom stereocenters. The Balaban J connectivity index is 1.48. The highest BCUT2D eigenvalue weighted by Crippen LogP contribution is 2.37. The molecule has 0 radical (unpaired) electrons. The Kier molecular flexibility index (Phi) is 3.88. The SMILES string of the molecule is Nc1ncnc2sc3c(c12)CCN(C(=O)c1cn[nH]c1-c1ccc(Cl)s1)C3. The van der Waals surface area contributed by atoms with Crippen LogP contribution in [0, 0.1) is 0 Å². The van der Waals surface area contributed by atoms with Crippen molar-refractivity contribution in [1.82, 2.24) is 25.1 Å². The van der Waals surface area contributed by atoms with E-state index >= 15 is 0 Å². The molecule has 0 saturated carbocycles. The molecule has 10 heteroatoms. The summed E-state index contributed by atoms with van der Waals surface area (Å²) in [5, 5.41) is 7.93. The zero-order chi connectivity index (χ0) is 18.5. The molecule has 0 saturated heterocycles. The zero-order valence-corrected chi connectivity index (χ0v) is 16.3. The molecule has 0 spiro atoms. The van der Waals surface area contributed by atoms with Crippen molar-refractivity contribution in [2.45, 2.75) is 13.0 Å². The second-order valence-electron chi connectivity index (χ2n) is 6.18. The van der Waals surface area contributed by atoms with Gasteiger partial charge in [0.25, 0.3) is 5.91 Å². The summed E-state index contributed by atoms with van der Waals surface area (Å²) in [7, 11) is 0. The van der Waals surface area contributed by atoms with Crippen LogP contribution in [0.3, 0.4) is 0 Å². The molecular weight excluding hydrogens is 404 g/mol. The zero-order valence-electron chi connectivity index (χ0n) is 13.9. The third kappa shape index (κ3) is 2.70. The van der Waals surface area contributed by atoms with Gasteiger partial charge < -0.3 is 10.6 Å². The molecule has 5 rings (SSSR count). The number of aromatic amines is 1. The molecule has 4 aromatic rings. The fourth-order valence-corrected chi connectivity index (χ4v) is 5.64. The topological polar surface area (TPSA) is 101 Å². The Morgan fingerprint density at radius 1 is 1.30 bits per heavy atom. The lowest BCUT2D eigenvalue weighted by molar-refractivity contribution is 0.0738. The largest absolute Gasteiger partial charge is 0.383 e. The Morgan fingerprint density at radius 2 is 2.19 bits per heavy atom. The van der Waals surface area contributed by atoms with Gasteiger partial charge in [-0.3, -0.25) is 9.89 Å². The molecule has 0 fully saturated rings. The van der Waals surface area contributed by atoms with E-state index in [9.17, 15) is 4.79 Å². The number of halogens is 1. The fourth-order valence-electron chi connectivity index (χ4n) is 3.38. The van der Waals surface area contributed by atoms with E-state index in [1.54, 1.807) is 17.5 Å². The number of rotatable bonds is 2. The lowest BCUT2D eigenvalue weighted by Gasteiger charge is -2.27. The van der Waals surface area contributed by atoms with Gasteiger partial charge in [0.1, 0.15) is 17.0 Å². The van der Waals surface area contributed by atoms with Crippen molar-refractivity contribution in [2.24, 2.45) is 0 Å². The summed E-state index contributed by atoms with van der Waals surface area (Å²) >= 11 is 9.02. The Bertz CT molecular complexity index is 1180. The van der Waals surface area contributed by atoms with Gasteiger partial charge in [0.15, 0.2) is 0 Å². The third-order valence-electron chi connectivity index (χ3n) is 4.64. The average molecular weight is 417 g/mol. The van der Waals surface area contributed by atoms with Crippen LogP contribution in [-0.2, 0) is 13.0 Å². The highest BCUT2D eigenvalue weighted by atomic mass is 35.5. The van der Waals surface area contributed by atoms with Gasteiger partial charge in [0, 0.05) is 11.4 Å². The van der Waals surface area contributed by atoms with E-state index in [0.717, 1.165) is 32.0 Å². The third-order valence-corrected chi connectivity index (χ3v) is 7.02. The Hall–Kier alpha value is -2.49. The van der Waals surface area contributed by atoms with E-state index in [1.807, 2.05) is 17.0 Å². The number of hydrogen-bond donors (Lipinski definition) is 2. The minimum absolute atomic E-state index is 0.0505. The van der Waals surface area contributed by atoms with E-state index in [4.69, 9.17) is 17.3 Å². The van der Waals surface area contributed by atoms with Crippen molar-refractivity contribution in [3.63, 3.8) is 0 Å². The van der Waals surface area contributed by atoms with E-state index in [0.29, 0.717) is 34.5 Å². The Labute approximate surface area is 166 Å². The van der Waals surface area contributed by atoms with Crippen molar-refractivity contribution in [2.75, 3.05) is 12.3 Å². The monoisotopic (exact) mass is 416 g/mol. The summed E-state index contributed by atoms with van der Waals surface area (Å²) in [6.07, 6.45) is 3.79. The van der Waals surface area contributed by atoms with E-state index in [1.165, 1.54) is 17.7 Å². The van der Waals surface area contributed by atoms with Gasteiger partial charge in [-0.25, -0.2) is 9.97 Å². The number of H-pyrrole nitrogens is 1. The highest BCUT2D eigenvalue weighted by molar-refractivity contribution is 7.19. The maximum absolute atomic E-state index is 13.1. The molecular formula is C17H13ClN6OS2. The lowest BCUT2D eigenvalue weighted by Crippen LogP contribution is -2.35. The summed E-state index contributed by atoms with van der Waals surface area (Å²) in [5.41, 5.74) is 8.45. The molecule has 5 heterocycles. The smallest absolute Gasteiger partial charge is 0.258 e. The minimum Gasteiger partial charge on any atom is -0.383 e. The molecule has 4 aromatic heterocycles. The van der Waals surface area contributed by atoms with Gasteiger partial charge in [0.2, 0.25) is 0 Å². The summed E-state index contributed by atoms with van der Waals surface area (Å²) in [4.78, 5) is 26.3. The first-order valence-electron chi connectivity index (χ1n) is 8.21. The van der Waals surface area contributed by atoms with Crippen molar-refractivity contribution in [3.05, 3.63) is 45.0 Å². The molecule has 1 aliphatic rings. The number of thiophene rings is 2. The molecule has 27 heavy (non-hydrogen) atoms. The van der Waals surface area contributed by atoms with Crippen LogP contribution in [0.5, 0.6) is 0 Å². The first-order valence-corrected chi connectivity index (χ1v) is 10.2. The molecule has 7 nitrogen and oxygen atoms in total. The predicted octanol–water partition coefficient (Wildman–Crippen LogP) is 3.58. The van der Waals surface area contributed by atoms with Crippen molar-refractivity contribution >= 4 is 56.2 Å². The summed E-state index contributed by atoms with van der Waals surface area (Å²) in [6.45, 7) is 1.15. The molecule has 136 valence electrons. The van der Waals surface area contributed by atoms with E-state index < -0.39 is 0 Å². The van der Waals surface area contributed by atoms with Crippen LogP contribution >= 0.6 is 34.3 Å². The normalized spacial score (nSPS) is 13.9. The number of hydrogen-bond acceptors (Lipinski definition) is 7. The first kappa shape index (κ1) is 16.7. The number of carbonyl (C=O) groups excluding carboxylic acids is 1. The van der Waals surface area contributed by atoms with Gasteiger partial charge >= 0.3 is 0 Å². The highest BCUT2D eigenvalue weighted by Gasteiger charge is 2.28. The summed E-state index contributed by atoms with van der Waals surface area (Å²) in [5.74, 6) is 0.453. The van der Waals surface area contributed by atoms with Crippen LogP contribution < -0.4 is 5.73 Å². The lowest BCUT2D eigenvalue weighted by atomic mass is 10.0. The number of nitrogens with zero attached hydrogens (tertiary/aromatic N) is 4. The van der Waals surface area contributed by atoms with Crippen LogP contribution in [0.2, 0.25) is 4.34 Å². The molecule has 3 N–H and O–H groups in total. The molecule has 0 bridgehead atoms. The van der Waals surface area contributed by atoms with Crippen molar-refractivity contribution in [1.29, 1.82) is 0 Å². The molecule has 0 aromatic carbocycles. The predicted molar refractivity (Wildman–Crippen MR) is 107 cm³/mol. The van der Waals surface area contributed by atoms with E-state index in [-0.39, 0.29) is 5.91 Å². The average Bonchev–Trinajstić information content (AvgIpc) is 3.38. The summed E-state index contributed by atoms with van der Waals surface area (Å²) in [6, 6.07) is 3.70. The number of amides is 1. The Morgan fingerprint density at radius 3 is 3.00 bits per heavy atom. The molecule has 1 amide bonds. The number of fused-ring (bicyclic) bond motifs is 3. The second kappa shape index (κ2) is 6.29. The molecule has 0 aliphatic carbocycles. The van der Waals surface area contributed by atoms with Crippen molar-refractivity contribution < 1.29 is 4.79 Å². The molecule has 0 atom stereocenters. The van der Waals surface area contributed by atoms with Gasteiger partial charge in [-0.2, -0.15) is 5.10 Å². The van der Waals surface area contributed by atoms with Gasteiger partial charge in [0.05, 0.1) is 38.6 Å². The minimum atomic E-state index is -0.0505. The van der Waals surface area contributed by atoms with E-state index in [2.05, 4.69) is 20.2 Å². The number of nitrogens with one attached hydrogen (secondary N) is 1. The van der Waals surface area contributed by atoms with Crippen molar-refractivity contribution in [3.8, 4) is 10.6 Å². The standard InChI is InChI=1S/C17H13ClN6OS2/c18-12-2-1-10(26-12)14-9(5-22-23-14)17(25)24-4-3-8-11(6-24)27-16-13(8)15(19)20-7-21-16/h1-2,5,7H,3-4,6H2,(H,22,23)(H2,19,20,21). The number of anilines is 1. The number of aromatic nitrogens is 4. The maximum atomic E-state index is 13.1. The van der Waals surface area contributed by atoms with Crippen LogP contribution in [0.15, 0.2) is 24.7 Å².